The average Bonchev–Trinajstić information content (AvgIpc) is 2.44. The molecule has 1 fully saturated rings. The van der Waals surface area contributed by atoms with Gasteiger partial charge >= 0.3 is 6.09 Å². The smallest absolute Gasteiger partial charge is 0.407 e. The molecule has 110 valence electrons. The van der Waals surface area contributed by atoms with Gasteiger partial charge in [0, 0.05) is 24.2 Å². The Kier molecular flexibility index (Phi) is 4.21. The van der Waals surface area contributed by atoms with Crippen LogP contribution in [0.2, 0.25) is 0 Å². The van der Waals surface area contributed by atoms with Crippen molar-refractivity contribution in [2.45, 2.75) is 33.7 Å². The van der Waals surface area contributed by atoms with Crippen molar-refractivity contribution in [3.63, 3.8) is 0 Å². The summed E-state index contributed by atoms with van der Waals surface area (Å²) < 4.78 is 5.08. The van der Waals surface area contributed by atoms with Crippen LogP contribution < -0.4 is 10.2 Å². The Morgan fingerprint density at radius 3 is 2.40 bits per heavy atom. The lowest BCUT2D eigenvalue weighted by molar-refractivity contribution is 0.0387. The third kappa shape index (κ3) is 2.89. The van der Waals surface area contributed by atoms with Crippen LogP contribution in [-0.4, -0.2) is 25.8 Å². The standard InChI is InChI=1S/C16H24N2O2/c1-5-18(6-2)13-9-7-12(8-10-13)14-16(3,4)11-20-15(19)17-14/h7-10,14H,5-6,11H2,1-4H3,(H,17,19)/t14-/m1/s1. The zero-order valence-corrected chi connectivity index (χ0v) is 12.8. The average molecular weight is 276 g/mol. The number of anilines is 1. The third-order valence-electron chi connectivity index (χ3n) is 3.97. The molecule has 1 aliphatic heterocycles. The van der Waals surface area contributed by atoms with Gasteiger partial charge in [-0.15, -0.1) is 0 Å². The predicted octanol–water partition coefficient (Wildman–Crippen LogP) is 3.34. The van der Waals surface area contributed by atoms with Crippen molar-refractivity contribution < 1.29 is 9.53 Å². The predicted molar refractivity (Wildman–Crippen MR) is 81.0 cm³/mol. The van der Waals surface area contributed by atoms with E-state index in [0.29, 0.717) is 6.61 Å². The van der Waals surface area contributed by atoms with Gasteiger partial charge in [0.1, 0.15) is 6.61 Å². The Morgan fingerprint density at radius 2 is 1.85 bits per heavy atom. The molecule has 1 heterocycles. The molecule has 0 saturated carbocycles. The Morgan fingerprint density at radius 1 is 1.25 bits per heavy atom. The molecule has 1 atom stereocenters. The van der Waals surface area contributed by atoms with Crippen LogP contribution in [0, 0.1) is 5.41 Å². The first kappa shape index (κ1) is 14.7. The second-order valence-electron chi connectivity index (χ2n) is 5.91. The fraction of sp³-hybridized carbons (Fsp3) is 0.562. The normalized spacial score (nSPS) is 21.0. The van der Waals surface area contributed by atoms with Crippen LogP contribution in [-0.2, 0) is 4.74 Å². The van der Waals surface area contributed by atoms with E-state index in [-0.39, 0.29) is 17.6 Å². The van der Waals surface area contributed by atoms with E-state index in [1.54, 1.807) is 0 Å². The summed E-state index contributed by atoms with van der Waals surface area (Å²) in [7, 11) is 0. The van der Waals surface area contributed by atoms with Gasteiger partial charge in [-0.25, -0.2) is 4.79 Å². The van der Waals surface area contributed by atoms with Gasteiger partial charge in [-0.1, -0.05) is 26.0 Å². The minimum Gasteiger partial charge on any atom is -0.449 e. The molecule has 1 saturated heterocycles. The zero-order chi connectivity index (χ0) is 14.8. The Bertz CT molecular complexity index is 464. The van der Waals surface area contributed by atoms with Gasteiger partial charge in [0.05, 0.1) is 6.04 Å². The SMILES string of the molecule is CCN(CC)c1ccc([C@H]2NC(=O)OCC2(C)C)cc1. The Labute approximate surface area is 121 Å². The summed E-state index contributed by atoms with van der Waals surface area (Å²) in [5.74, 6) is 0. The van der Waals surface area contributed by atoms with Gasteiger partial charge in [0.15, 0.2) is 0 Å². The molecule has 4 heteroatoms. The molecule has 1 aromatic rings. The van der Waals surface area contributed by atoms with E-state index < -0.39 is 0 Å². The summed E-state index contributed by atoms with van der Waals surface area (Å²) in [5.41, 5.74) is 2.24. The number of hydrogen-bond donors (Lipinski definition) is 1. The molecule has 0 unspecified atom stereocenters. The van der Waals surface area contributed by atoms with Gasteiger partial charge in [0.2, 0.25) is 0 Å². The largest absolute Gasteiger partial charge is 0.449 e. The van der Waals surface area contributed by atoms with Crippen LogP contribution >= 0.6 is 0 Å². The van der Waals surface area contributed by atoms with E-state index >= 15 is 0 Å². The van der Waals surface area contributed by atoms with E-state index in [2.05, 4.69) is 62.2 Å². The number of hydrogen-bond acceptors (Lipinski definition) is 3. The van der Waals surface area contributed by atoms with Crippen LogP contribution in [0.1, 0.15) is 39.3 Å². The first-order chi connectivity index (χ1) is 9.47. The number of carbonyl (C=O) groups is 1. The molecule has 0 aliphatic carbocycles. The summed E-state index contributed by atoms with van der Waals surface area (Å²) >= 11 is 0. The number of ether oxygens (including phenoxy) is 1. The summed E-state index contributed by atoms with van der Waals surface area (Å²) in [6.07, 6.45) is -0.331. The maximum Gasteiger partial charge on any atom is 0.407 e. The summed E-state index contributed by atoms with van der Waals surface area (Å²) in [6, 6.07) is 8.45. The van der Waals surface area contributed by atoms with Crippen LogP contribution in [0.5, 0.6) is 0 Å². The summed E-state index contributed by atoms with van der Waals surface area (Å²) in [4.78, 5) is 13.8. The maximum absolute atomic E-state index is 11.5. The van der Waals surface area contributed by atoms with Gasteiger partial charge < -0.3 is 15.0 Å². The molecule has 4 nitrogen and oxygen atoms in total. The molecule has 2 rings (SSSR count). The van der Waals surface area contributed by atoms with E-state index in [0.717, 1.165) is 18.7 Å². The quantitative estimate of drug-likeness (QED) is 0.917. The van der Waals surface area contributed by atoms with Crippen LogP contribution in [0.4, 0.5) is 10.5 Å². The molecule has 1 aliphatic rings. The van der Waals surface area contributed by atoms with E-state index in [4.69, 9.17) is 4.74 Å². The highest BCUT2D eigenvalue weighted by atomic mass is 16.6. The minimum absolute atomic E-state index is 0.00509. The molecule has 20 heavy (non-hydrogen) atoms. The van der Waals surface area contributed by atoms with Crippen LogP contribution in [0.3, 0.4) is 0 Å². The van der Waals surface area contributed by atoms with Crippen molar-refractivity contribution in [1.82, 2.24) is 5.32 Å². The number of nitrogens with zero attached hydrogens (tertiary/aromatic N) is 1. The number of benzene rings is 1. The van der Waals surface area contributed by atoms with Crippen molar-refractivity contribution in [3.8, 4) is 0 Å². The van der Waals surface area contributed by atoms with Crippen LogP contribution in [0.15, 0.2) is 24.3 Å². The van der Waals surface area contributed by atoms with Crippen molar-refractivity contribution in [1.29, 1.82) is 0 Å². The first-order valence-corrected chi connectivity index (χ1v) is 7.26. The molecular weight excluding hydrogens is 252 g/mol. The highest BCUT2D eigenvalue weighted by Gasteiger charge is 2.37. The lowest BCUT2D eigenvalue weighted by Gasteiger charge is -2.38. The number of carbonyl (C=O) groups excluding carboxylic acids is 1. The topological polar surface area (TPSA) is 41.6 Å². The second kappa shape index (κ2) is 5.73. The molecular formula is C16H24N2O2. The Balaban J connectivity index is 2.22. The van der Waals surface area contributed by atoms with Crippen molar-refractivity contribution in [2.24, 2.45) is 5.41 Å². The van der Waals surface area contributed by atoms with Crippen LogP contribution in [0.25, 0.3) is 0 Å². The number of cyclic esters (lactones) is 1. The molecule has 1 aromatic carbocycles. The van der Waals surface area contributed by atoms with E-state index in [1.165, 1.54) is 5.69 Å². The fourth-order valence-electron chi connectivity index (χ4n) is 2.69. The van der Waals surface area contributed by atoms with E-state index in [9.17, 15) is 4.79 Å². The lowest BCUT2D eigenvalue weighted by Crippen LogP contribution is -2.46. The molecule has 1 amide bonds. The minimum atomic E-state index is -0.331. The van der Waals surface area contributed by atoms with Crippen molar-refractivity contribution >= 4 is 11.8 Å². The molecule has 1 N–H and O–H groups in total. The molecule has 0 radical (unpaired) electrons. The Hall–Kier alpha value is -1.71. The number of rotatable bonds is 4. The van der Waals surface area contributed by atoms with Gasteiger partial charge in [0.25, 0.3) is 0 Å². The summed E-state index contributed by atoms with van der Waals surface area (Å²) in [5, 5.41) is 2.92. The first-order valence-electron chi connectivity index (χ1n) is 7.26. The maximum atomic E-state index is 11.5. The van der Waals surface area contributed by atoms with Gasteiger partial charge in [-0.3, -0.25) is 0 Å². The monoisotopic (exact) mass is 276 g/mol. The van der Waals surface area contributed by atoms with Gasteiger partial charge in [-0.05, 0) is 31.5 Å². The fourth-order valence-corrected chi connectivity index (χ4v) is 2.69. The van der Waals surface area contributed by atoms with Crippen molar-refractivity contribution in [2.75, 3.05) is 24.6 Å². The number of nitrogens with one attached hydrogen (secondary N) is 1. The third-order valence-corrected chi connectivity index (χ3v) is 3.97. The molecule has 0 spiro atoms. The highest BCUT2D eigenvalue weighted by molar-refractivity contribution is 5.69. The number of alkyl carbamates (subject to hydrolysis) is 1. The molecule has 0 aromatic heterocycles. The second-order valence-corrected chi connectivity index (χ2v) is 5.91. The molecule has 0 bridgehead atoms. The lowest BCUT2D eigenvalue weighted by atomic mass is 9.80. The van der Waals surface area contributed by atoms with Crippen molar-refractivity contribution in [3.05, 3.63) is 29.8 Å². The van der Waals surface area contributed by atoms with Gasteiger partial charge in [-0.2, -0.15) is 0 Å². The summed E-state index contributed by atoms with van der Waals surface area (Å²) in [6.45, 7) is 11.0. The highest BCUT2D eigenvalue weighted by Crippen LogP contribution is 2.36. The number of amides is 1. The van der Waals surface area contributed by atoms with E-state index in [1.807, 2.05) is 0 Å². The zero-order valence-electron chi connectivity index (χ0n) is 12.8.